The van der Waals surface area contributed by atoms with Gasteiger partial charge in [0.1, 0.15) is 48.8 Å². The minimum Gasteiger partial charge on any atom is -0.394 e. The first-order chi connectivity index (χ1) is 40.6. The number of ether oxygens (including phenoxy) is 4. The zero-order valence-electron chi connectivity index (χ0n) is 52.2. The molecule has 0 aliphatic carbocycles. The molecule has 2 aliphatic rings. The zero-order chi connectivity index (χ0) is 60.2. The van der Waals surface area contributed by atoms with Crippen LogP contribution in [0.2, 0.25) is 0 Å². The number of allylic oxidation sites excluding steroid dienone is 11. The maximum Gasteiger partial charge on any atom is 0.220 e. The van der Waals surface area contributed by atoms with Crippen molar-refractivity contribution in [3.8, 4) is 0 Å². The molecule has 2 heterocycles. The van der Waals surface area contributed by atoms with Gasteiger partial charge in [-0.3, -0.25) is 4.79 Å². The van der Waals surface area contributed by atoms with Gasteiger partial charge in [0.05, 0.1) is 32.0 Å². The fourth-order valence-corrected chi connectivity index (χ4v) is 10.8. The van der Waals surface area contributed by atoms with Gasteiger partial charge in [-0.2, -0.15) is 0 Å². The monoisotopic (exact) mass is 1170 g/mol. The van der Waals surface area contributed by atoms with E-state index in [0.717, 1.165) is 70.6 Å². The van der Waals surface area contributed by atoms with Gasteiger partial charge in [0.25, 0.3) is 0 Å². The third-order valence-corrected chi connectivity index (χ3v) is 16.1. The predicted octanol–water partition coefficient (Wildman–Crippen LogP) is 13.1. The summed E-state index contributed by atoms with van der Waals surface area (Å²) in [5.41, 5.74) is 0. The molecule has 1 amide bonds. The van der Waals surface area contributed by atoms with E-state index in [1.54, 1.807) is 6.08 Å². The zero-order valence-corrected chi connectivity index (χ0v) is 52.2. The second-order valence-corrected chi connectivity index (χ2v) is 23.6. The van der Waals surface area contributed by atoms with E-state index >= 15 is 0 Å². The fraction of sp³-hybridized carbons (Fsp3) is 0.812. The van der Waals surface area contributed by atoms with Crippen LogP contribution < -0.4 is 5.32 Å². The molecule has 2 saturated heterocycles. The molecule has 0 aromatic heterocycles. The van der Waals surface area contributed by atoms with Crippen molar-refractivity contribution >= 4 is 5.91 Å². The highest BCUT2D eigenvalue weighted by molar-refractivity contribution is 5.76. The second-order valence-electron chi connectivity index (χ2n) is 23.6. The van der Waals surface area contributed by atoms with E-state index in [1.165, 1.54) is 167 Å². The molecule has 482 valence electrons. The van der Waals surface area contributed by atoms with Gasteiger partial charge < -0.3 is 65.1 Å². The van der Waals surface area contributed by atoms with Crippen molar-refractivity contribution in [3.05, 3.63) is 72.9 Å². The molecule has 14 heteroatoms. The number of unbranched alkanes of at least 4 members (excludes halogenated alkanes) is 31. The molecule has 2 rings (SSSR count). The minimum atomic E-state index is -1.79. The maximum absolute atomic E-state index is 13.2. The van der Waals surface area contributed by atoms with Gasteiger partial charge in [0.2, 0.25) is 5.91 Å². The van der Waals surface area contributed by atoms with Crippen LogP contribution in [0.3, 0.4) is 0 Å². The first-order valence-electron chi connectivity index (χ1n) is 33.7. The number of amides is 1. The minimum absolute atomic E-state index is 0.239. The van der Waals surface area contributed by atoms with Crippen LogP contribution in [-0.4, -0.2) is 140 Å². The van der Waals surface area contributed by atoms with Gasteiger partial charge in [-0.05, 0) is 64.2 Å². The molecule has 12 atom stereocenters. The third kappa shape index (κ3) is 38.4. The summed E-state index contributed by atoms with van der Waals surface area (Å²) in [5, 5.41) is 87.0. The lowest BCUT2D eigenvalue weighted by Crippen LogP contribution is -2.65. The van der Waals surface area contributed by atoms with Crippen LogP contribution in [0.15, 0.2) is 72.9 Å². The lowest BCUT2D eigenvalue weighted by atomic mass is 9.97. The Balaban J connectivity index is 1.53. The van der Waals surface area contributed by atoms with Gasteiger partial charge in [0.15, 0.2) is 12.6 Å². The van der Waals surface area contributed by atoms with Crippen molar-refractivity contribution in [2.75, 3.05) is 19.8 Å². The van der Waals surface area contributed by atoms with Crippen LogP contribution in [0, 0.1) is 0 Å². The van der Waals surface area contributed by atoms with Crippen LogP contribution in [0.1, 0.15) is 264 Å². The number of hydrogen-bond acceptors (Lipinski definition) is 13. The van der Waals surface area contributed by atoms with Crippen molar-refractivity contribution in [3.63, 3.8) is 0 Å². The Labute approximate surface area is 504 Å². The number of aliphatic hydroxyl groups excluding tert-OH is 8. The molecule has 2 fully saturated rings. The van der Waals surface area contributed by atoms with Crippen LogP contribution in [0.5, 0.6) is 0 Å². The van der Waals surface area contributed by atoms with Gasteiger partial charge in [0, 0.05) is 6.42 Å². The largest absolute Gasteiger partial charge is 0.394 e. The number of carbonyl (C=O) groups is 1. The van der Waals surface area contributed by atoms with E-state index in [0.29, 0.717) is 6.42 Å². The Morgan fingerprint density at radius 2 is 0.831 bits per heavy atom. The Kier molecular flexibility index (Phi) is 49.5. The highest BCUT2D eigenvalue weighted by Gasteiger charge is 2.51. The molecule has 0 bridgehead atoms. The molecule has 9 N–H and O–H groups in total. The molecule has 14 nitrogen and oxygen atoms in total. The maximum atomic E-state index is 13.2. The molecule has 0 spiro atoms. The van der Waals surface area contributed by atoms with Crippen molar-refractivity contribution in [1.82, 2.24) is 5.32 Å². The lowest BCUT2D eigenvalue weighted by molar-refractivity contribution is -0.359. The van der Waals surface area contributed by atoms with E-state index in [9.17, 15) is 45.6 Å². The normalized spacial score (nSPS) is 24.3. The first kappa shape index (κ1) is 76.5. The molecule has 0 radical (unpaired) electrons. The van der Waals surface area contributed by atoms with Crippen molar-refractivity contribution in [2.24, 2.45) is 0 Å². The van der Waals surface area contributed by atoms with Crippen LogP contribution in [0.25, 0.3) is 0 Å². The molecule has 83 heavy (non-hydrogen) atoms. The summed E-state index contributed by atoms with van der Waals surface area (Å²) in [6.45, 7) is 2.66. The highest BCUT2D eigenvalue weighted by atomic mass is 16.7. The standard InChI is InChI=1S/C69H123NO13/c1-3-5-7-9-11-13-15-16-17-18-19-20-21-22-23-24-25-26-27-28-29-30-31-32-33-34-35-36-37-38-39-40-41-42-43-45-47-49-51-53-61(74)70-57(58(73)52-50-48-46-44-14-12-10-8-6-4-2)56-80-68-66(79)64(77)67(60(55-72)82-68)83-69-65(78)63(76)62(75)59(54-71)81-69/h5,7,11,13,16-17,19-20,22-23,50,52,57-60,62-69,71-73,75-79H,3-4,6,8-10,12,14-15,18,21,24-49,51,53-56H2,1-2H3,(H,70,74)/b7-5-,13-11-,17-16-,20-19-,23-22-,52-50+. The van der Waals surface area contributed by atoms with Gasteiger partial charge in [-0.15, -0.1) is 0 Å². The topological polar surface area (TPSA) is 228 Å². The molecule has 0 aromatic rings. The SMILES string of the molecule is CC/C=C\C/C=C\C/C=C\C/C=C\C/C=C\CCCCCCCCCCCCCCCCCCCCCCCCCC(=O)NC(COC1OC(CO)C(OC2OC(CO)C(O)C(O)C2O)C(O)C1O)C(O)/C=C/CCCCCCCCCC. The Morgan fingerprint density at radius 3 is 1.28 bits per heavy atom. The number of hydrogen-bond donors (Lipinski definition) is 9. The van der Waals surface area contributed by atoms with E-state index in [1.807, 2.05) is 6.08 Å². The van der Waals surface area contributed by atoms with E-state index < -0.39 is 86.8 Å². The molecular formula is C69H123NO13. The molecule has 0 saturated carbocycles. The average Bonchev–Trinajstić information content (AvgIpc) is 3.47. The first-order valence-corrected chi connectivity index (χ1v) is 33.7. The van der Waals surface area contributed by atoms with Gasteiger partial charge in [-0.25, -0.2) is 0 Å². The fourth-order valence-electron chi connectivity index (χ4n) is 10.8. The average molecular weight is 1170 g/mol. The highest BCUT2D eigenvalue weighted by Crippen LogP contribution is 2.30. The summed E-state index contributed by atoms with van der Waals surface area (Å²) >= 11 is 0. The number of rotatable bonds is 54. The number of carbonyl (C=O) groups excluding carboxylic acids is 1. The predicted molar refractivity (Wildman–Crippen MR) is 337 cm³/mol. The second kappa shape index (κ2) is 53.7. The summed E-state index contributed by atoms with van der Waals surface area (Å²) in [4.78, 5) is 13.2. The van der Waals surface area contributed by atoms with Crippen LogP contribution in [0.4, 0.5) is 0 Å². The third-order valence-electron chi connectivity index (χ3n) is 16.1. The van der Waals surface area contributed by atoms with Gasteiger partial charge in [-0.1, -0.05) is 267 Å². The summed E-state index contributed by atoms with van der Waals surface area (Å²) in [6.07, 6.45) is 55.7. The van der Waals surface area contributed by atoms with E-state index in [-0.39, 0.29) is 18.9 Å². The summed E-state index contributed by atoms with van der Waals surface area (Å²) in [7, 11) is 0. The van der Waals surface area contributed by atoms with Gasteiger partial charge >= 0.3 is 0 Å². The molecule has 0 aromatic carbocycles. The smallest absolute Gasteiger partial charge is 0.220 e. The lowest BCUT2D eigenvalue weighted by Gasteiger charge is -2.46. The quantitative estimate of drug-likeness (QED) is 0.0204. The Morgan fingerprint density at radius 1 is 0.446 bits per heavy atom. The number of nitrogens with one attached hydrogen (secondary N) is 1. The molecule has 12 unspecified atom stereocenters. The van der Waals surface area contributed by atoms with E-state index in [4.69, 9.17) is 18.9 Å². The number of aliphatic hydroxyl groups is 8. The van der Waals surface area contributed by atoms with Crippen molar-refractivity contribution in [1.29, 1.82) is 0 Å². The summed E-state index contributed by atoms with van der Waals surface area (Å²) in [5.74, 6) is -0.239. The van der Waals surface area contributed by atoms with Crippen LogP contribution in [-0.2, 0) is 23.7 Å². The molecular weight excluding hydrogens is 1050 g/mol. The van der Waals surface area contributed by atoms with Crippen molar-refractivity contribution in [2.45, 2.75) is 338 Å². The Hall–Kier alpha value is -2.57. The van der Waals surface area contributed by atoms with Crippen LogP contribution >= 0.6 is 0 Å². The molecule has 2 aliphatic heterocycles. The van der Waals surface area contributed by atoms with E-state index in [2.05, 4.69) is 79.9 Å². The summed E-state index contributed by atoms with van der Waals surface area (Å²) < 4.78 is 22.7. The Bertz CT molecular complexity index is 1670. The summed E-state index contributed by atoms with van der Waals surface area (Å²) in [6, 6.07) is -0.913. The van der Waals surface area contributed by atoms with Crippen molar-refractivity contribution < 1.29 is 64.6 Å².